The minimum Gasteiger partial charge on any atom is -0.388 e. The van der Waals surface area contributed by atoms with Crippen molar-refractivity contribution in [1.29, 1.82) is 0 Å². The molecule has 0 aromatic heterocycles. The summed E-state index contributed by atoms with van der Waals surface area (Å²) >= 11 is 3.27. The Hall–Kier alpha value is -0.450. The minimum atomic E-state index is -0.791. The minimum absolute atomic E-state index is 0.0633. The van der Waals surface area contributed by atoms with Gasteiger partial charge in [0.15, 0.2) is 0 Å². The molecule has 2 nitrogen and oxygen atoms in total. The molecule has 4 heteroatoms. The SMILES string of the molecule is OC(CC1CCCO1)c1cc(Br)ccc1F. The van der Waals surface area contributed by atoms with Gasteiger partial charge in [-0.05, 0) is 31.0 Å². The molecule has 0 radical (unpaired) electrons. The summed E-state index contributed by atoms with van der Waals surface area (Å²) < 4.78 is 19.7. The lowest BCUT2D eigenvalue weighted by atomic mass is 10.0. The monoisotopic (exact) mass is 288 g/mol. The zero-order valence-electron chi connectivity index (χ0n) is 8.83. The molecule has 0 bridgehead atoms. The van der Waals surface area contributed by atoms with Gasteiger partial charge < -0.3 is 9.84 Å². The second kappa shape index (κ2) is 5.25. The summed E-state index contributed by atoms with van der Waals surface area (Å²) in [5.41, 5.74) is 0.338. The predicted molar refractivity (Wildman–Crippen MR) is 62.7 cm³/mol. The van der Waals surface area contributed by atoms with Gasteiger partial charge in [-0.25, -0.2) is 4.39 Å². The van der Waals surface area contributed by atoms with E-state index in [4.69, 9.17) is 4.74 Å². The molecule has 1 aromatic carbocycles. The lowest BCUT2D eigenvalue weighted by Crippen LogP contribution is -2.12. The summed E-state index contributed by atoms with van der Waals surface area (Å²) in [6.07, 6.45) is 1.72. The van der Waals surface area contributed by atoms with Crippen LogP contribution < -0.4 is 0 Å². The van der Waals surface area contributed by atoms with E-state index in [1.807, 2.05) is 0 Å². The van der Waals surface area contributed by atoms with Crippen LogP contribution >= 0.6 is 15.9 Å². The van der Waals surface area contributed by atoms with Crippen LogP contribution in [-0.4, -0.2) is 17.8 Å². The van der Waals surface area contributed by atoms with Crippen LogP contribution in [0.5, 0.6) is 0 Å². The van der Waals surface area contributed by atoms with Gasteiger partial charge in [0.1, 0.15) is 5.82 Å². The van der Waals surface area contributed by atoms with E-state index in [-0.39, 0.29) is 11.9 Å². The number of halogens is 2. The first-order valence-electron chi connectivity index (χ1n) is 5.41. The van der Waals surface area contributed by atoms with Gasteiger partial charge in [-0.15, -0.1) is 0 Å². The first-order chi connectivity index (χ1) is 7.66. The number of hydrogen-bond acceptors (Lipinski definition) is 2. The third-order valence-corrected chi connectivity index (χ3v) is 3.32. The highest BCUT2D eigenvalue weighted by atomic mass is 79.9. The zero-order chi connectivity index (χ0) is 11.5. The van der Waals surface area contributed by atoms with Gasteiger partial charge in [0.25, 0.3) is 0 Å². The molecule has 1 aliphatic rings. The van der Waals surface area contributed by atoms with E-state index in [1.54, 1.807) is 12.1 Å². The van der Waals surface area contributed by atoms with E-state index in [0.29, 0.717) is 12.0 Å². The average Bonchev–Trinajstić information content (AvgIpc) is 2.74. The van der Waals surface area contributed by atoms with Crippen LogP contribution in [-0.2, 0) is 4.74 Å². The van der Waals surface area contributed by atoms with Crippen LogP contribution in [0.4, 0.5) is 4.39 Å². The Labute approximate surface area is 103 Å². The summed E-state index contributed by atoms with van der Waals surface area (Å²) in [6, 6.07) is 4.60. The maximum absolute atomic E-state index is 13.5. The highest BCUT2D eigenvalue weighted by Gasteiger charge is 2.22. The second-order valence-electron chi connectivity index (χ2n) is 4.05. The number of hydrogen-bond donors (Lipinski definition) is 1. The maximum Gasteiger partial charge on any atom is 0.129 e. The molecule has 2 atom stereocenters. The first-order valence-corrected chi connectivity index (χ1v) is 6.20. The molecule has 88 valence electrons. The zero-order valence-corrected chi connectivity index (χ0v) is 10.4. The molecule has 1 aromatic rings. The first kappa shape index (κ1) is 12.0. The van der Waals surface area contributed by atoms with Gasteiger partial charge in [0, 0.05) is 23.1 Å². The van der Waals surface area contributed by atoms with Crippen LogP contribution in [0.25, 0.3) is 0 Å². The molecule has 0 saturated carbocycles. The summed E-state index contributed by atoms with van der Waals surface area (Å²) in [7, 11) is 0. The van der Waals surface area contributed by atoms with Crippen molar-refractivity contribution in [2.24, 2.45) is 0 Å². The van der Waals surface area contributed by atoms with Crippen LogP contribution in [0, 0.1) is 5.82 Å². The Morgan fingerprint density at radius 2 is 2.38 bits per heavy atom. The highest BCUT2D eigenvalue weighted by molar-refractivity contribution is 9.10. The molecular formula is C12H14BrFO2. The molecule has 1 N–H and O–H groups in total. The van der Waals surface area contributed by atoms with Crippen molar-refractivity contribution in [2.75, 3.05) is 6.61 Å². The topological polar surface area (TPSA) is 29.5 Å². The van der Waals surface area contributed by atoms with Crippen molar-refractivity contribution >= 4 is 15.9 Å². The van der Waals surface area contributed by atoms with Gasteiger partial charge in [0.05, 0.1) is 12.2 Å². The normalized spacial score (nSPS) is 22.3. The molecular weight excluding hydrogens is 275 g/mol. The fourth-order valence-electron chi connectivity index (χ4n) is 1.98. The van der Waals surface area contributed by atoms with Crippen molar-refractivity contribution in [3.05, 3.63) is 34.1 Å². The predicted octanol–water partition coefficient (Wildman–Crippen LogP) is 3.19. The molecule has 1 fully saturated rings. The van der Waals surface area contributed by atoms with Crippen molar-refractivity contribution in [2.45, 2.75) is 31.5 Å². The lowest BCUT2D eigenvalue weighted by molar-refractivity contribution is 0.0522. The van der Waals surface area contributed by atoms with Crippen LogP contribution in [0.2, 0.25) is 0 Å². The smallest absolute Gasteiger partial charge is 0.129 e. The van der Waals surface area contributed by atoms with Gasteiger partial charge in [-0.1, -0.05) is 15.9 Å². The van der Waals surface area contributed by atoms with Gasteiger partial charge in [0.2, 0.25) is 0 Å². The Kier molecular flexibility index (Phi) is 3.95. The fraction of sp³-hybridized carbons (Fsp3) is 0.500. The summed E-state index contributed by atoms with van der Waals surface area (Å²) in [4.78, 5) is 0. The van der Waals surface area contributed by atoms with Crippen molar-refractivity contribution in [3.63, 3.8) is 0 Å². The largest absolute Gasteiger partial charge is 0.388 e. The Morgan fingerprint density at radius 3 is 3.06 bits per heavy atom. The number of ether oxygens (including phenoxy) is 1. The fourth-order valence-corrected chi connectivity index (χ4v) is 2.35. The Bertz CT molecular complexity index is 364. The molecule has 0 aliphatic carbocycles. The lowest BCUT2D eigenvalue weighted by Gasteiger charge is -2.16. The second-order valence-corrected chi connectivity index (χ2v) is 4.97. The average molecular weight is 289 g/mol. The summed E-state index contributed by atoms with van der Waals surface area (Å²) in [6.45, 7) is 0.748. The van der Waals surface area contributed by atoms with Crippen molar-refractivity contribution < 1.29 is 14.2 Å². The van der Waals surface area contributed by atoms with E-state index in [1.165, 1.54) is 6.07 Å². The molecule has 1 saturated heterocycles. The van der Waals surface area contributed by atoms with E-state index in [0.717, 1.165) is 23.9 Å². The standard InChI is InChI=1S/C12H14BrFO2/c13-8-3-4-11(14)10(6-8)12(15)7-9-2-1-5-16-9/h3-4,6,9,12,15H,1-2,5,7H2. The van der Waals surface area contributed by atoms with Gasteiger partial charge >= 0.3 is 0 Å². The van der Waals surface area contributed by atoms with Gasteiger partial charge in [-0.3, -0.25) is 0 Å². The number of benzene rings is 1. The molecule has 16 heavy (non-hydrogen) atoms. The molecule has 1 aliphatic heterocycles. The van der Waals surface area contributed by atoms with Crippen LogP contribution in [0.1, 0.15) is 30.9 Å². The third kappa shape index (κ3) is 2.81. The van der Waals surface area contributed by atoms with E-state index >= 15 is 0 Å². The van der Waals surface area contributed by atoms with Crippen molar-refractivity contribution in [1.82, 2.24) is 0 Å². The van der Waals surface area contributed by atoms with Gasteiger partial charge in [-0.2, -0.15) is 0 Å². The van der Waals surface area contributed by atoms with Crippen LogP contribution in [0.3, 0.4) is 0 Å². The van der Waals surface area contributed by atoms with E-state index < -0.39 is 6.10 Å². The Balaban J connectivity index is 2.07. The molecule has 1 heterocycles. The van der Waals surface area contributed by atoms with E-state index in [2.05, 4.69) is 15.9 Å². The molecule has 2 unspecified atom stereocenters. The van der Waals surface area contributed by atoms with Crippen molar-refractivity contribution in [3.8, 4) is 0 Å². The van der Waals surface area contributed by atoms with E-state index in [9.17, 15) is 9.50 Å². The highest BCUT2D eigenvalue weighted by Crippen LogP contribution is 2.28. The molecule has 0 amide bonds. The molecule has 2 rings (SSSR count). The number of aliphatic hydroxyl groups excluding tert-OH is 1. The maximum atomic E-state index is 13.5. The number of aliphatic hydroxyl groups is 1. The quantitative estimate of drug-likeness (QED) is 0.926. The third-order valence-electron chi connectivity index (χ3n) is 2.83. The van der Waals surface area contributed by atoms with Crippen LogP contribution in [0.15, 0.2) is 22.7 Å². The molecule has 0 spiro atoms. The summed E-state index contributed by atoms with van der Waals surface area (Å²) in [5, 5.41) is 9.95. The Morgan fingerprint density at radius 1 is 1.56 bits per heavy atom. The summed E-state index contributed by atoms with van der Waals surface area (Å²) in [5.74, 6) is -0.367. The number of rotatable bonds is 3.